The van der Waals surface area contributed by atoms with Crippen LogP contribution in [0.2, 0.25) is 0 Å². The molecule has 0 saturated heterocycles. The number of nitrogens with zero attached hydrogens (tertiary/aromatic N) is 1. The van der Waals surface area contributed by atoms with Crippen LogP contribution >= 0.6 is 0 Å². The fourth-order valence-electron chi connectivity index (χ4n) is 1.14. The molecule has 0 saturated carbocycles. The summed E-state index contributed by atoms with van der Waals surface area (Å²) < 4.78 is 0. The molecule has 0 aliphatic rings. The van der Waals surface area contributed by atoms with Gasteiger partial charge in [0.05, 0.1) is 0 Å². The van der Waals surface area contributed by atoms with Gasteiger partial charge in [-0.25, -0.2) is 4.98 Å². The SMILES string of the molecule is CC(C)(C)Cc1cccnc1O. The fraction of sp³-hybridized carbons (Fsp3) is 0.500. The van der Waals surface area contributed by atoms with Crippen molar-refractivity contribution in [3.63, 3.8) is 0 Å². The molecule has 0 aliphatic carbocycles. The summed E-state index contributed by atoms with van der Waals surface area (Å²) in [5.41, 5.74) is 1.12. The van der Waals surface area contributed by atoms with E-state index in [-0.39, 0.29) is 11.3 Å². The number of hydrogen-bond acceptors (Lipinski definition) is 2. The number of aromatic hydroxyl groups is 1. The third-order valence-electron chi connectivity index (χ3n) is 1.59. The predicted octanol–water partition coefficient (Wildman–Crippen LogP) is 2.38. The zero-order valence-electron chi connectivity index (χ0n) is 7.83. The molecule has 2 heteroatoms. The number of hydrogen-bond donors (Lipinski definition) is 1. The summed E-state index contributed by atoms with van der Waals surface area (Å²) in [6.45, 7) is 6.41. The van der Waals surface area contributed by atoms with Crippen LogP contribution in [-0.4, -0.2) is 10.1 Å². The highest BCUT2D eigenvalue weighted by Gasteiger charge is 2.13. The van der Waals surface area contributed by atoms with E-state index in [1.807, 2.05) is 12.1 Å². The molecular formula is C10H15NO. The van der Waals surface area contributed by atoms with Crippen molar-refractivity contribution in [2.45, 2.75) is 27.2 Å². The van der Waals surface area contributed by atoms with Gasteiger partial charge in [0.25, 0.3) is 0 Å². The summed E-state index contributed by atoms with van der Waals surface area (Å²) in [5.74, 6) is 0.160. The van der Waals surface area contributed by atoms with Gasteiger partial charge in [-0.2, -0.15) is 0 Å². The van der Waals surface area contributed by atoms with Gasteiger partial charge in [-0.15, -0.1) is 0 Å². The molecule has 2 nitrogen and oxygen atoms in total. The van der Waals surface area contributed by atoms with Crippen LogP contribution in [0.15, 0.2) is 18.3 Å². The molecule has 0 aromatic carbocycles. The average Bonchev–Trinajstić information content (AvgIpc) is 1.91. The van der Waals surface area contributed by atoms with E-state index in [9.17, 15) is 5.11 Å². The highest BCUT2D eigenvalue weighted by atomic mass is 16.3. The molecule has 1 aromatic heterocycles. The molecule has 0 bridgehead atoms. The first kappa shape index (κ1) is 9.04. The Hall–Kier alpha value is -1.05. The van der Waals surface area contributed by atoms with Crippen LogP contribution in [0, 0.1) is 5.41 Å². The molecule has 0 amide bonds. The molecule has 0 unspecified atom stereocenters. The summed E-state index contributed by atoms with van der Waals surface area (Å²) >= 11 is 0. The van der Waals surface area contributed by atoms with Gasteiger partial charge in [-0.3, -0.25) is 0 Å². The van der Waals surface area contributed by atoms with Crippen molar-refractivity contribution in [3.05, 3.63) is 23.9 Å². The molecule has 66 valence electrons. The van der Waals surface area contributed by atoms with Crippen molar-refractivity contribution < 1.29 is 5.11 Å². The van der Waals surface area contributed by atoms with Crippen molar-refractivity contribution in [2.75, 3.05) is 0 Å². The Morgan fingerprint density at radius 3 is 2.58 bits per heavy atom. The van der Waals surface area contributed by atoms with E-state index in [0.29, 0.717) is 0 Å². The second-order valence-corrected chi connectivity index (χ2v) is 4.22. The minimum atomic E-state index is 0.160. The summed E-state index contributed by atoms with van der Waals surface area (Å²) in [5, 5.41) is 9.36. The van der Waals surface area contributed by atoms with Crippen LogP contribution in [0.5, 0.6) is 5.88 Å². The standard InChI is InChI=1S/C10H15NO/c1-10(2,3)7-8-5-4-6-11-9(8)12/h4-6H,7H2,1-3H3,(H,11,12). The predicted molar refractivity (Wildman–Crippen MR) is 49.1 cm³/mol. The fourth-order valence-corrected chi connectivity index (χ4v) is 1.14. The molecule has 0 spiro atoms. The normalized spacial score (nSPS) is 11.6. The first-order valence-corrected chi connectivity index (χ1v) is 4.12. The van der Waals surface area contributed by atoms with E-state index in [0.717, 1.165) is 12.0 Å². The maximum Gasteiger partial charge on any atom is 0.214 e. The van der Waals surface area contributed by atoms with Crippen molar-refractivity contribution in [3.8, 4) is 5.88 Å². The summed E-state index contributed by atoms with van der Waals surface area (Å²) in [6.07, 6.45) is 2.45. The van der Waals surface area contributed by atoms with E-state index in [4.69, 9.17) is 0 Å². The Balaban J connectivity index is 2.83. The molecule has 1 N–H and O–H groups in total. The molecule has 0 atom stereocenters. The first-order chi connectivity index (χ1) is 5.49. The first-order valence-electron chi connectivity index (χ1n) is 4.12. The van der Waals surface area contributed by atoms with Crippen LogP contribution in [0.3, 0.4) is 0 Å². The second-order valence-electron chi connectivity index (χ2n) is 4.22. The van der Waals surface area contributed by atoms with Gasteiger partial charge in [-0.1, -0.05) is 26.8 Å². The van der Waals surface area contributed by atoms with Gasteiger partial charge in [-0.05, 0) is 17.9 Å². The molecular weight excluding hydrogens is 150 g/mol. The lowest BCUT2D eigenvalue weighted by Gasteiger charge is -2.17. The minimum Gasteiger partial charge on any atom is -0.493 e. The van der Waals surface area contributed by atoms with Crippen molar-refractivity contribution in [1.29, 1.82) is 0 Å². The number of pyridine rings is 1. The molecule has 1 heterocycles. The van der Waals surface area contributed by atoms with Crippen LogP contribution < -0.4 is 0 Å². The van der Waals surface area contributed by atoms with E-state index in [1.54, 1.807) is 6.20 Å². The van der Waals surface area contributed by atoms with Crippen molar-refractivity contribution >= 4 is 0 Å². The highest BCUT2D eigenvalue weighted by Crippen LogP contribution is 2.24. The molecule has 0 radical (unpaired) electrons. The average molecular weight is 165 g/mol. The quantitative estimate of drug-likeness (QED) is 0.693. The van der Waals surface area contributed by atoms with Crippen LogP contribution in [0.1, 0.15) is 26.3 Å². The topological polar surface area (TPSA) is 33.1 Å². The third-order valence-corrected chi connectivity index (χ3v) is 1.59. The lowest BCUT2D eigenvalue weighted by atomic mass is 9.88. The molecule has 12 heavy (non-hydrogen) atoms. The Morgan fingerprint density at radius 1 is 1.42 bits per heavy atom. The second kappa shape index (κ2) is 3.13. The Labute approximate surface area is 73.3 Å². The minimum absolute atomic E-state index is 0.160. The number of aromatic nitrogens is 1. The molecule has 1 aromatic rings. The Morgan fingerprint density at radius 2 is 2.08 bits per heavy atom. The van der Waals surface area contributed by atoms with Gasteiger partial charge in [0.15, 0.2) is 0 Å². The van der Waals surface area contributed by atoms with Gasteiger partial charge in [0, 0.05) is 11.8 Å². The van der Waals surface area contributed by atoms with Crippen LogP contribution in [0.25, 0.3) is 0 Å². The van der Waals surface area contributed by atoms with Gasteiger partial charge < -0.3 is 5.11 Å². The van der Waals surface area contributed by atoms with Crippen LogP contribution in [0.4, 0.5) is 0 Å². The molecule has 0 aliphatic heterocycles. The maximum absolute atomic E-state index is 9.36. The number of rotatable bonds is 1. The lowest BCUT2D eigenvalue weighted by molar-refractivity contribution is 0.388. The molecule has 1 rings (SSSR count). The Kier molecular flexibility index (Phi) is 2.36. The van der Waals surface area contributed by atoms with Crippen molar-refractivity contribution in [2.24, 2.45) is 5.41 Å². The zero-order valence-corrected chi connectivity index (χ0v) is 7.83. The van der Waals surface area contributed by atoms with E-state index in [2.05, 4.69) is 25.8 Å². The van der Waals surface area contributed by atoms with Gasteiger partial charge in [0.2, 0.25) is 5.88 Å². The van der Waals surface area contributed by atoms with E-state index >= 15 is 0 Å². The summed E-state index contributed by atoms with van der Waals surface area (Å²) in [6, 6.07) is 3.76. The van der Waals surface area contributed by atoms with E-state index in [1.165, 1.54) is 0 Å². The summed E-state index contributed by atoms with van der Waals surface area (Å²) in [7, 11) is 0. The largest absolute Gasteiger partial charge is 0.493 e. The van der Waals surface area contributed by atoms with Gasteiger partial charge in [0.1, 0.15) is 0 Å². The maximum atomic E-state index is 9.36. The highest BCUT2D eigenvalue weighted by molar-refractivity contribution is 5.24. The third kappa shape index (κ3) is 2.53. The summed E-state index contributed by atoms with van der Waals surface area (Å²) in [4.78, 5) is 3.82. The zero-order chi connectivity index (χ0) is 9.19. The van der Waals surface area contributed by atoms with Crippen LogP contribution in [-0.2, 0) is 6.42 Å². The monoisotopic (exact) mass is 165 g/mol. The lowest BCUT2D eigenvalue weighted by Crippen LogP contribution is -2.09. The Bertz CT molecular complexity index is 263. The van der Waals surface area contributed by atoms with Crippen molar-refractivity contribution in [1.82, 2.24) is 4.98 Å². The smallest absolute Gasteiger partial charge is 0.214 e. The van der Waals surface area contributed by atoms with Gasteiger partial charge >= 0.3 is 0 Å². The molecule has 0 fully saturated rings. The van der Waals surface area contributed by atoms with E-state index < -0.39 is 0 Å².